The minimum absolute atomic E-state index is 0.0611. The van der Waals surface area contributed by atoms with Gasteiger partial charge in [-0.05, 0) is 6.07 Å². The summed E-state index contributed by atoms with van der Waals surface area (Å²) in [5.74, 6) is -0.0611. The Kier molecular flexibility index (Phi) is 2.88. The third kappa shape index (κ3) is 1.91. The van der Waals surface area contributed by atoms with Crippen LogP contribution in [0.5, 0.6) is 0 Å². The molecule has 1 aromatic heterocycles. The molecular formula is C10H14N2O3S. The molecule has 0 radical (unpaired) electrons. The number of rotatable bonds is 2. The minimum Gasteiger partial charge on any atom is -0.397 e. The number of hydrogen-bond donors (Lipinski definition) is 3. The van der Waals surface area contributed by atoms with Crippen molar-refractivity contribution >= 4 is 27.8 Å². The Balaban J connectivity index is 2.22. The van der Waals surface area contributed by atoms with Gasteiger partial charge < -0.3 is 20.8 Å². The predicted octanol–water partition coefficient (Wildman–Crippen LogP) is 0.0747. The quantitative estimate of drug-likeness (QED) is 0.639. The largest absolute Gasteiger partial charge is 0.397 e. The topological polar surface area (TPSA) is 86.8 Å². The van der Waals surface area contributed by atoms with Crippen LogP contribution in [0.4, 0.5) is 10.7 Å². The molecule has 0 saturated carbocycles. The van der Waals surface area contributed by atoms with E-state index in [-0.39, 0.29) is 5.78 Å². The number of nitrogen functional groups attached to an aromatic ring is 1. The van der Waals surface area contributed by atoms with Crippen molar-refractivity contribution in [2.24, 2.45) is 0 Å². The van der Waals surface area contributed by atoms with Crippen LogP contribution in [-0.2, 0) is 0 Å². The molecule has 4 N–H and O–H groups in total. The number of nitrogens with zero attached hydrogens (tertiary/aromatic N) is 1. The van der Waals surface area contributed by atoms with Crippen LogP contribution in [0.2, 0.25) is 0 Å². The Labute approximate surface area is 97.1 Å². The van der Waals surface area contributed by atoms with Crippen LogP contribution in [0.15, 0.2) is 6.07 Å². The molecular weight excluding hydrogens is 228 g/mol. The normalized spacial score (nSPS) is 25.1. The molecule has 2 rings (SSSR count). The summed E-state index contributed by atoms with van der Waals surface area (Å²) < 4.78 is 0. The highest BCUT2D eigenvalue weighted by Crippen LogP contribution is 2.34. The lowest BCUT2D eigenvalue weighted by Gasteiger charge is -2.13. The van der Waals surface area contributed by atoms with Gasteiger partial charge in [-0.25, -0.2) is 0 Å². The lowest BCUT2D eigenvalue weighted by molar-refractivity contribution is 0.0572. The highest BCUT2D eigenvalue weighted by molar-refractivity contribution is 7.18. The van der Waals surface area contributed by atoms with Crippen LogP contribution >= 0.6 is 11.3 Å². The van der Waals surface area contributed by atoms with E-state index in [0.29, 0.717) is 23.7 Å². The van der Waals surface area contributed by atoms with E-state index in [1.54, 1.807) is 6.07 Å². The van der Waals surface area contributed by atoms with E-state index in [0.717, 1.165) is 5.00 Å². The molecule has 2 heterocycles. The first-order valence-corrected chi connectivity index (χ1v) is 5.82. The maximum absolute atomic E-state index is 11.2. The van der Waals surface area contributed by atoms with Crippen molar-refractivity contribution < 1.29 is 15.0 Å². The number of aliphatic hydroxyl groups excluding tert-OH is 2. The summed E-state index contributed by atoms with van der Waals surface area (Å²) in [7, 11) is 0. The van der Waals surface area contributed by atoms with Crippen molar-refractivity contribution in [3.05, 3.63) is 10.9 Å². The van der Waals surface area contributed by atoms with Gasteiger partial charge in [0.1, 0.15) is 0 Å². The zero-order chi connectivity index (χ0) is 11.9. The standard InChI is InChI=1S/C10H14N2O3S/c1-5(13)10-6(11)2-9(16-10)12-3-7(14)8(15)4-12/h2,7-8,14-15H,3-4,11H2,1H3. The van der Waals surface area contributed by atoms with E-state index >= 15 is 0 Å². The molecule has 0 aliphatic carbocycles. The second kappa shape index (κ2) is 4.04. The zero-order valence-corrected chi connectivity index (χ0v) is 9.70. The highest BCUT2D eigenvalue weighted by Gasteiger charge is 2.31. The maximum Gasteiger partial charge on any atom is 0.171 e. The summed E-state index contributed by atoms with van der Waals surface area (Å²) in [6, 6.07) is 1.71. The first-order chi connectivity index (χ1) is 7.49. The zero-order valence-electron chi connectivity index (χ0n) is 8.88. The van der Waals surface area contributed by atoms with Gasteiger partial charge in [0.2, 0.25) is 0 Å². The van der Waals surface area contributed by atoms with E-state index < -0.39 is 12.2 Å². The van der Waals surface area contributed by atoms with Gasteiger partial charge in [0, 0.05) is 20.0 Å². The van der Waals surface area contributed by atoms with Crippen molar-refractivity contribution in [2.75, 3.05) is 23.7 Å². The monoisotopic (exact) mass is 242 g/mol. The molecule has 1 saturated heterocycles. The Hall–Kier alpha value is -1.11. The number of anilines is 2. The molecule has 2 atom stereocenters. The van der Waals surface area contributed by atoms with Crippen LogP contribution in [-0.4, -0.2) is 41.3 Å². The fraction of sp³-hybridized carbons (Fsp3) is 0.500. The number of ketones is 1. The van der Waals surface area contributed by atoms with Gasteiger partial charge in [0.25, 0.3) is 0 Å². The van der Waals surface area contributed by atoms with E-state index in [4.69, 9.17) is 5.73 Å². The molecule has 88 valence electrons. The molecule has 0 aromatic carbocycles. The predicted molar refractivity (Wildman–Crippen MR) is 63.0 cm³/mol. The van der Waals surface area contributed by atoms with Crippen molar-refractivity contribution in [3.63, 3.8) is 0 Å². The van der Waals surface area contributed by atoms with Crippen LogP contribution in [0.3, 0.4) is 0 Å². The molecule has 2 unspecified atom stereocenters. The van der Waals surface area contributed by atoms with Gasteiger partial charge in [-0.15, -0.1) is 11.3 Å². The molecule has 1 aliphatic rings. The molecule has 1 fully saturated rings. The SMILES string of the molecule is CC(=O)c1sc(N2CC(O)C(O)C2)cc1N. The summed E-state index contributed by atoms with van der Waals surface area (Å²) in [6.07, 6.45) is -1.46. The van der Waals surface area contributed by atoms with Gasteiger partial charge in [0.15, 0.2) is 5.78 Å². The van der Waals surface area contributed by atoms with Crippen LogP contribution < -0.4 is 10.6 Å². The first kappa shape index (κ1) is 11.4. The summed E-state index contributed by atoms with van der Waals surface area (Å²) >= 11 is 1.30. The van der Waals surface area contributed by atoms with Gasteiger partial charge in [-0.1, -0.05) is 0 Å². The molecule has 1 aliphatic heterocycles. The minimum atomic E-state index is -0.732. The lowest BCUT2D eigenvalue weighted by Crippen LogP contribution is -2.22. The molecule has 16 heavy (non-hydrogen) atoms. The van der Waals surface area contributed by atoms with Gasteiger partial charge >= 0.3 is 0 Å². The summed E-state index contributed by atoms with van der Waals surface area (Å²) in [5.41, 5.74) is 6.18. The Morgan fingerprint density at radius 3 is 2.50 bits per heavy atom. The number of carbonyl (C=O) groups excluding carboxylic acids is 1. The summed E-state index contributed by atoms with van der Waals surface area (Å²) in [6.45, 7) is 2.22. The lowest BCUT2D eigenvalue weighted by atomic mass is 10.3. The average Bonchev–Trinajstić information content (AvgIpc) is 2.71. The number of Topliss-reactive ketones (excluding diaryl/α,β-unsaturated/α-hetero) is 1. The number of aliphatic hydroxyl groups is 2. The Morgan fingerprint density at radius 1 is 1.50 bits per heavy atom. The van der Waals surface area contributed by atoms with Crippen molar-refractivity contribution in [3.8, 4) is 0 Å². The van der Waals surface area contributed by atoms with E-state index in [1.807, 2.05) is 4.90 Å². The van der Waals surface area contributed by atoms with Crippen molar-refractivity contribution in [1.29, 1.82) is 0 Å². The van der Waals surface area contributed by atoms with E-state index in [9.17, 15) is 15.0 Å². The summed E-state index contributed by atoms with van der Waals surface area (Å²) in [4.78, 5) is 13.6. The van der Waals surface area contributed by atoms with Crippen LogP contribution in [0.1, 0.15) is 16.6 Å². The Bertz CT molecular complexity index is 408. The molecule has 0 bridgehead atoms. The number of hydrogen-bond acceptors (Lipinski definition) is 6. The summed E-state index contributed by atoms with van der Waals surface area (Å²) in [5, 5.41) is 19.7. The number of carbonyl (C=O) groups is 1. The van der Waals surface area contributed by atoms with Gasteiger partial charge in [-0.3, -0.25) is 4.79 Å². The number of nitrogens with two attached hydrogens (primary N) is 1. The first-order valence-electron chi connectivity index (χ1n) is 5.00. The van der Waals surface area contributed by atoms with E-state index in [2.05, 4.69) is 0 Å². The van der Waals surface area contributed by atoms with Crippen molar-refractivity contribution in [1.82, 2.24) is 0 Å². The fourth-order valence-corrected chi connectivity index (χ4v) is 2.77. The third-order valence-corrected chi connectivity index (χ3v) is 3.95. The van der Waals surface area contributed by atoms with E-state index in [1.165, 1.54) is 18.3 Å². The molecule has 1 aromatic rings. The second-order valence-electron chi connectivity index (χ2n) is 3.96. The van der Waals surface area contributed by atoms with Crippen LogP contribution in [0.25, 0.3) is 0 Å². The van der Waals surface area contributed by atoms with Gasteiger partial charge in [0.05, 0.1) is 27.8 Å². The van der Waals surface area contributed by atoms with Crippen LogP contribution in [0, 0.1) is 0 Å². The van der Waals surface area contributed by atoms with Gasteiger partial charge in [-0.2, -0.15) is 0 Å². The Morgan fingerprint density at radius 2 is 2.06 bits per heavy atom. The smallest absolute Gasteiger partial charge is 0.171 e. The third-order valence-electron chi connectivity index (χ3n) is 2.64. The maximum atomic E-state index is 11.2. The number of thiophene rings is 1. The molecule has 0 spiro atoms. The second-order valence-corrected chi connectivity index (χ2v) is 5.00. The van der Waals surface area contributed by atoms with Crippen molar-refractivity contribution in [2.45, 2.75) is 19.1 Å². The number of β-amino-alcohol motifs (C(OH)–C–C–N with tert-alkyl or cyclic N) is 2. The molecule has 5 nitrogen and oxygen atoms in total. The molecule has 6 heteroatoms. The molecule has 0 amide bonds. The highest BCUT2D eigenvalue weighted by atomic mass is 32.1. The fourth-order valence-electron chi connectivity index (χ4n) is 1.77. The average molecular weight is 242 g/mol.